The molecule has 2 aromatic rings. The highest BCUT2D eigenvalue weighted by atomic mass is 127. The Labute approximate surface area is 83.2 Å². The number of anilines is 1. The van der Waals surface area contributed by atoms with Crippen molar-refractivity contribution in [1.29, 1.82) is 0 Å². The van der Waals surface area contributed by atoms with E-state index in [4.69, 9.17) is 5.73 Å². The van der Waals surface area contributed by atoms with Gasteiger partial charge in [-0.05, 0) is 34.7 Å². The third kappa shape index (κ3) is 1.22. The van der Waals surface area contributed by atoms with Crippen molar-refractivity contribution in [2.45, 2.75) is 0 Å². The van der Waals surface area contributed by atoms with Crippen LogP contribution in [0.3, 0.4) is 0 Å². The van der Waals surface area contributed by atoms with E-state index >= 15 is 0 Å². The predicted octanol–water partition coefficient (Wildman–Crippen LogP) is 1.82. The molecule has 0 fully saturated rings. The van der Waals surface area contributed by atoms with Gasteiger partial charge in [0.1, 0.15) is 9.22 Å². The minimum atomic E-state index is 0.498. The Morgan fingerprint density at radius 1 is 1.42 bits per heavy atom. The van der Waals surface area contributed by atoms with E-state index in [-0.39, 0.29) is 0 Å². The summed E-state index contributed by atoms with van der Waals surface area (Å²) in [7, 11) is 0. The molecule has 3 nitrogen and oxygen atoms in total. The molecule has 0 saturated carbocycles. The summed E-state index contributed by atoms with van der Waals surface area (Å²) in [5.74, 6) is 0.498. The zero-order valence-corrected chi connectivity index (χ0v) is 8.32. The van der Waals surface area contributed by atoms with E-state index in [9.17, 15) is 0 Å². The Morgan fingerprint density at radius 2 is 2.25 bits per heavy atom. The zero-order valence-electron chi connectivity index (χ0n) is 6.16. The highest BCUT2D eigenvalue weighted by Crippen LogP contribution is 2.17. The molecular weight excluding hydrogens is 265 g/mol. The van der Waals surface area contributed by atoms with E-state index in [1.54, 1.807) is 6.20 Å². The lowest BCUT2D eigenvalue weighted by molar-refractivity contribution is 1.28. The molecule has 60 valence electrons. The van der Waals surface area contributed by atoms with Crippen molar-refractivity contribution in [2.75, 3.05) is 5.73 Å². The number of aromatic nitrogens is 2. The molecule has 0 atom stereocenters. The third-order valence-corrected chi connectivity index (χ3v) is 2.14. The molecule has 0 radical (unpaired) electrons. The van der Waals surface area contributed by atoms with Crippen molar-refractivity contribution >= 4 is 39.3 Å². The van der Waals surface area contributed by atoms with E-state index in [0.717, 1.165) is 14.6 Å². The predicted molar refractivity (Wildman–Crippen MR) is 56.7 cm³/mol. The highest BCUT2D eigenvalue weighted by Gasteiger charge is 2.00. The van der Waals surface area contributed by atoms with Crippen LogP contribution in [0.4, 0.5) is 5.82 Å². The summed E-state index contributed by atoms with van der Waals surface area (Å²) < 4.78 is 0.894. The fourth-order valence-electron chi connectivity index (χ4n) is 1.08. The summed E-state index contributed by atoms with van der Waals surface area (Å²) in [5, 5.41) is 1.04. The number of fused-ring (bicyclic) bond motifs is 1. The molecule has 0 aliphatic rings. The molecule has 2 N–H and O–H groups in total. The molecule has 4 heteroatoms. The summed E-state index contributed by atoms with van der Waals surface area (Å²) in [5.41, 5.74) is 6.45. The first kappa shape index (κ1) is 7.72. The standard InChI is InChI=1S/C8H6IN3/c9-6-4-5-2-1-3-11-7(5)8(10)12-6/h1-4H,(H2,10,12). The minimum Gasteiger partial charge on any atom is -0.382 e. The first-order valence-electron chi connectivity index (χ1n) is 3.44. The molecule has 0 spiro atoms. The third-order valence-electron chi connectivity index (χ3n) is 1.58. The number of pyridine rings is 2. The van der Waals surface area contributed by atoms with Crippen molar-refractivity contribution in [3.8, 4) is 0 Å². The molecule has 2 heterocycles. The van der Waals surface area contributed by atoms with Gasteiger partial charge in [0.05, 0.1) is 0 Å². The normalized spacial score (nSPS) is 10.4. The number of hydrogen-bond donors (Lipinski definition) is 1. The fraction of sp³-hybridized carbons (Fsp3) is 0. The van der Waals surface area contributed by atoms with Crippen LogP contribution >= 0.6 is 22.6 Å². The molecule has 0 unspecified atom stereocenters. The van der Waals surface area contributed by atoms with Gasteiger partial charge in [-0.1, -0.05) is 6.07 Å². The van der Waals surface area contributed by atoms with Crippen molar-refractivity contribution in [1.82, 2.24) is 9.97 Å². The van der Waals surface area contributed by atoms with Gasteiger partial charge in [-0.2, -0.15) is 0 Å². The van der Waals surface area contributed by atoms with Crippen molar-refractivity contribution < 1.29 is 0 Å². The van der Waals surface area contributed by atoms with Gasteiger partial charge in [-0.25, -0.2) is 4.98 Å². The molecule has 0 aliphatic carbocycles. The van der Waals surface area contributed by atoms with Gasteiger partial charge in [0.2, 0.25) is 0 Å². The van der Waals surface area contributed by atoms with Gasteiger partial charge in [0.15, 0.2) is 5.82 Å². The summed E-state index contributed by atoms with van der Waals surface area (Å²) in [4.78, 5) is 8.23. The molecule has 0 saturated heterocycles. The average molecular weight is 271 g/mol. The summed E-state index contributed by atoms with van der Waals surface area (Å²) in [6, 6.07) is 5.82. The number of nitrogens with zero attached hydrogens (tertiary/aromatic N) is 2. The van der Waals surface area contributed by atoms with Gasteiger partial charge in [0, 0.05) is 11.6 Å². The number of hydrogen-bond acceptors (Lipinski definition) is 3. The fourth-order valence-corrected chi connectivity index (χ4v) is 1.67. The first-order chi connectivity index (χ1) is 5.77. The van der Waals surface area contributed by atoms with Crippen LogP contribution in [0.1, 0.15) is 0 Å². The second-order valence-corrected chi connectivity index (χ2v) is 3.51. The van der Waals surface area contributed by atoms with E-state index in [0.29, 0.717) is 5.82 Å². The molecule has 2 aromatic heterocycles. The Hall–Kier alpha value is -0.910. The van der Waals surface area contributed by atoms with Crippen LogP contribution in [0.15, 0.2) is 24.4 Å². The number of nitrogen functional groups attached to an aromatic ring is 1. The summed E-state index contributed by atoms with van der Waals surface area (Å²) >= 11 is 2.13. The SMILES string of the molecule is Nc1nc(I)cc2cccnc12. The van der Waals surface area contributed by atoms with Crippen molar-refractivity contribution in [3.63, 3.8) is 0 Å². The van der Waals surface area contributed by atoms with E-state index < -0.39 is 0 Å². The Balaban J connectivity index is 2.89. The highest BCUT2D eigenvalue weighted by molar-refractivity contribution is 14.1. The van der Waals surface area contributed by atoms with Gasteiger partial charge in [-0.15, -0.1) is 0 Å². The van der Waals surface area contributed by atoms with Gasteiger partial charge >= 0.3 is 0 Å². The Morgan fingerprint density at radius 3 is 3.08 bits per heavy atom. The molecule has 0 amide bonds. The molecule has 2 rings (SSSR count). The lowest BCUT2D eigenvalue weighted by atomic mass is 10.2. The lowest BCUT2D eigenvalue weighted by Gasteiger charge is -1.99. The second-order valence-electron chi connectivity index (χ2n) is 2.41. The van der Waals surface area contributed by atoms with Gasteiger partial charge < -0.3 is 5.73 Å². The number of halogens is 1. The quantitative estimate of drug-likeness (QED) is 0.587. The van der Waals surface area contributed by atoms with E-state index in [2.05, 4.69) is 32.6 Å². The maximum atomic E-state index is 5.68. The van der Waals surface area contributed by atoms with Crippen molar-refractivity contribution in [2.24, 2.45) is 0 Å². The first-order valence-corrected chi connectivity index (χ1v) is 4.52. The minimum absolute atomic E-state index is 0.498. The molecule has 0 aromatic carbocycles. The molecule has 0 aliphatic heterocycles. The molecule has 0 bridgehead atoms. The largest absolute Gasteiger partial charge is 0.382 e. The number of rotatable bonds is 0. The van der Waals surface area contributed by atoms with Crippen LogP contribution in [0, 0.1) is 3.70 Å². The molecular formula is C8H6IN3. The van der Waals surface area contributed by atoms with Gasteiger partial charge in [0.25, 0.3) is 0 Å². The van der Waals surface area contributed by atoms with Crippen LogP contribution in [-0.2, 0) is 0 Å². The average Bonchev–Trinajstić information content (AvgIpc) is 2.04. The van der Waals surface area contributed by atoms with Crippen LogP contribution in [0.25, 0.3) is 10.9 Å². The van der Waals surface area contributed by atoms with Gasteiger partial charge in [-0.3, -0.25) is 4.98 Å². The summed E-state index contributed by atoms with van der Waals surface area (Å²) in [6.07, 6.45) is 1.72. The van der Waals surface area contributed by atoms with E-state index in [1.807, 2.05) is 18.2 Å². The molecule has 12 heavy (non-hydrogen) atoms. The van der Waals surface area contributed by atoms with Crippen molar-refractivity contribution in [3.05, 3.63) is 28.1 Å². The lowest BCUT2D eigenvalue weighted by Crippen LogP contribution is -1.94. The Bertz CT molecular complexity index is 428. The Kier molecular flexibility index (Phi) is 1.84. The van der Waals surface area contributed by atoms with Crippen LogP contribution in [0.5, 0.6) is 0 Å². The second kappa shape index (κ2) is 2.85. The maximum Gasteiger partial charge on any atom is 0.151 e. The van der Waals surface area contributed by atoms with E-state index in [1.165, 1.54) is 0 Å². The maximum absolute atomic E-state index is 5.68. The van der Waals surface area contributed by atoms with Crippen LogP contribution < -0.4 is 5.73 Å². The monoisotopic (exact) mass is 271 g/mol. The van der Waals surface area contributed by atoms with Crippen LogP contribution in [-0.4, -0.2) is 9.97 Å². The topological polar surface area (TPSA) is 51.8 Å². The smallest absolute Gasteiger partial charge is 0.151 e. The number of nitrogens with two attached hydrogens (primary N) is 1. The summed E-state index contributed by atoms with van der Waals surface area (Å²) in [6.45, 7) is 0. The van der Waals surface area contributed by atoms with Crippen LogP contribution in [0.2, 0.25) is 0 Å². The zero-order chi connectivity index (χ0) is 8.55.